The van der Waals surface area contributed by atoms with Gasteiger partial charge in [0.2, 0.25) is 0 Å². The van der Waals surface area contributed by atoms with Gasteiger partial charge in [0.05, 0.1) is 0 Å². The minimum atomic E-state index is -0.0438. The molecule has 1 fully saturated rings. The van der Waals surface area contributed by atoms with Crippen LogP contribution in [0.3, 0.4) is 0 Å². The summed E-state index contributed by atoms with van der Waals surface area (Å²) in [5.41, 5.74) is 7.15. The number of thiazole rings is 1. The van der Waals surface area contributed by atoms with Gasteiger partial charge in [0.15, 0.2) is 5.13 Å². The van der Waals surface area contributed by atoms with Crippen molar-refractivity contribution < 1.29 is 4.79 Å². The largest absolute Gasteiger partial charge is 0.382 e. The molecule has 1 aromatic heterocycles. The Morgan fingerprint density at radius 3 is 2.71 bits per heavy atom. The Morgan fingerprint density at radius 2 is 2.04 bits per heavy atom. The molecule has 1 amide bonds. The average molecular weight is 345 g/mol. The molecule has 6 nitrogen and oxygen atoms in total. The molecule has 0 radical (unpaired) electrons. The first-order valence-electron chi connectivity index (χ1n) is 8.24. The third kappa shape index (κ3) is 3.68. The summed E-state index contributed by atoms with van der Waals surface area (Å²) in [6, 6.07) is 9.99. The van der Waals surface area contributed by atoms with Crippen LogP contribution in [0, 0.1) is 0 Å². The van der Waals surface area contributed by atoms with E-state index in [4.69, 9.17) is 5.73 Å². The van der Waals surface area contributed by atoms with Crippen molar-refractivity contribution in [2.45, 2.75) is 13.5 Å². The maximum atomic E-state index is 12.9. The summed E-state index contributed by atoms with van der Waals surface area (Å²) in [4.78, 5) is 21.8. The van der Waals surface area contributed by atoms with Gasteiger partial charge in [-0.05, 0) is 12.5 Å². The molecule has 3 N–H and O–H groups in total. The van der Waals surface area contributed by atoms with E-state index in [1.165, 1.54) is 11.3 Å². The van der Waals surface area contributed by atoms with Crippen LogP contribution >= 0.6 is 11.3 Å². The van der Waals surface area contributed by atoms with E-state index in [9.17, 15) is 4.79 Å². The Bertz CT molecular complexity index is 682. The van der Waals surface area contributed by atoms with Gasteiger partial charge >= 0.3 is 0 Å². The maximum absolute atomic E-state index is 12.9. The van der Waals surface area contributed by atoms with Crippen LogP contribution in [0.1, 0.15) is 22.2 Å². The molecule has 0 saturated carbocycles. The van der Waals surface area contributed by atoms with Crippen LogP contribution in [0.5, 0.6) is 0 Å². The molecular formula is C17H23N5OS. The van der Waals surface area contributed by atoms with Gasteiger partial charge < -0.3 is 20.9 Å². The second-order valence-electron chi connectivity index (χ2n) is 5.75. The second-order valence-corrected chi connectivity index (χ2v) is 6.73. The number of amides is 1. The maximum Gasteiger partial charge on any atom is 0.268 e. The fraction of sp³-hybridized carbons (Fsp3) is 0.412. The average Bonchev–Trinajstić information content (AvgIpc) is 3.02. The second kappa shape index (κ2) is 7.63. The number of nitrogens with zero attached hydrogens (tertiary/aromatic N) is 3. The molecule has 0 bridgehead atoms. The van der Waals surface area contributed by atoms with Crippen LogP contribution in [0.4, 0.5) is 10.9 Å². The summed E-state index contributed by atoms with van der Waals surface area (Å²) >= 11 is 1.40. The number of carbonyl (C=O) groups is 1. The van der Waals surface area contributed by atoms with Crippen molar-refractivity contribution in [3.8, 4) is 0 Å². The van der Waals surface area contributed by atoms with Crippen LogP contribution in [0.15, 0.2) is 30.3 Å². The van der Waals surface area contributed by atoms with Gasteiger partial charge in [0.1, 0.15) is 10.7 Å². The van der Waals surface area contributed by atoms with Crippen molar-refractivity contribution in [1.29, 1.82) is 0 Å². The molecule has 0 unspecified atom stereocenters. The highest BCUT2D eigenvalue weighted by Crippen LogP contribution is 2.29. The summed E-state index contributed by atoms with van der Waals surface area (Å²) < 4.78 is 0. The van der Waals surface area contributed by atoms with Gasteiger partial charge in [0, 0.05) is 39.3 Å². The Morgan fingerprint density at radius 1 is 1.33 bits per heavy atom. The third-order valence-corrected chi connectivity index (χ3v) is 5.23. The molecular weight excluding hydrogens is 322 g/mol. The first-order valence-corrected chi connectivity index (χ1v) is 9.06. The predicted molar refractivity (Wildman–Crippen MR) is 98.5 cm³/mol. The normalized spacial score (nSPS) is 14.6. The van der Waals surface area contributed by atoms with Gasteiger partial charge in [-0.2, -0.15) is 0 Å². The van der Waals surface area contributed by atoms with Gasteiger partial charge in [-0.25, -0.2) is 4.98 Å². The number of hydrogen-bond donors (Lipinski definition) is 2. The topological polar surface area (TPSA) is 74.5 Å². The van der Waals surface area contributed by atoms with E-state index >= 15 is 0 Å². The molecule has 128 valence electrons. The minimum absolute atomic E-state index is 0.0438. The van der Waals surface area contributed by atoms with Gasteiger partial charge in [-0.15, -0.1) is 0 Å². The quantitative estimate of drug-likeness (QED) is 0.864. The number of piperazine rings is 1. The molecule has 0 aliphatic carbocycles. The fourth-order valence-corrected chi connectivity index (χ4v) is 3.74. The molecule has 1 saturated heterocycles. The lowest BCUT2D eigenvalue weighted by atomic mass is 10.2. The summed E-state index contributed by atoms with van der Waals surface area (Å²) in [6.07, 6.45) is 0. The number of nitrogens with one attached hydrogen (secondary N) is 1. The van der Waals surface area contributed by atoms with E-state index in [0.29, 0.717) is 23.8 Å². The molecule has 24 heavy (non-hydrogen) atoms. The van der Waals surface area contributed by atoms with Gasteiger partial charge in [-0.3, -0.25) is 4.79 Å². The van der Waals surface area contributed by atoms with Crippen molar-refractivity contribution >= 4 is 28.2 Å². The highest BCUT2D eigenvalue weighted by atomic mass is 32.1. The smallest absolute Gasteiger partial charge is 0.268 e. The summed E-state index contributed by atoms with van der Waals surface area (Å²) in [6.45, 7) is 6.83. The number of benzene rings is 1. The number of hydrogen-bond acceptors (Lipinski definition) is 6. The fourth-order valence-electron chi connectivity index (χ4n) is 2.74. The number of aromatic nitrogens is 1. The summed E-state index contributed by atoms with van der Waals surface area (Å²) in [5.74, 6) is 0.294. The lowest BCUT2D eigenvalue weighted by molar-refractivity contribution is 0.0758. The molecule has 0 spiro atoms. The molecule has 0 atom stereocenters. The number of rotatable bonds is 5. The molecule has 1 aromatic carbocycles. The zero-order valence-electron chi connectivity index (χ0n) is 13.9. The lowest BCUT2D eigenvalue weighted by Gasteiger charge is -2.26. The van der Waals surface area contributed by atoms with Crippen LogP contribution in [0.2, 0.25) is 0 Å². The first kappa shape index (κ1) is 16.7. The van der Waals surface area contributed by atoms with Crippen molar-refractivity contribution in [3.05, 3.63) is 40.8 Å². The molecule has 1 aliphatic heterocycles. The van der Waals surface area contributed by atoms with Crippen LogP contribution in [-0.2, 0) is 6.54 Å². The zero-order chi connectivity index (χ0) is 16.9. The minimum Gasteiger partial charge on any atom is -0.382 e. The Labute approximate surface area is 146 Å². The molecule has 7 heteroatoms. The zero-order valence-corrected chi connectivity index (χ0v) is 14.7. The van der Waals surface area contributed by atoms with E-state index in [2.05, 4.69) is 15.2 Å². The number of anilines is 2. The van der Waals surface area contributed by atoms with Crippen LogP contribution < -0.4 is 16.0 Å². The van der Waals surface area contributed by atoms with E-state index in [0.717, 1.165) is 36.9 Å². The number of carbonyl (C=O) groups excluding carboxylic acids is 1. The standard InChI is InChI=1S/C17H23N5OS/c1-2-21(12-13-6-4-3-5-7-13)16(23)14-15(18)20-17(24-14)22-10-8-19-9-11-22/h3-7,19H,2,8-12,18H2,1H3. The Kier molecular flexibility index (Phi) is 5.32. The Hall–Kier alpha value is -2.12. The van der Waals surface area contributed by atoms with Crippen molar-refractivity contribution in [3.63, 3.8) is 0 Å². The van der Waals surface area contributed by atoms with Crippen LogP contribution in [-0.4, -0.2) is 48.5 Å². The van der Waals surface area contributed by atoms with E-state index in [1.54, 1.807) is 4.90 Å². The molecule has 2 aromatic rings. The molecule has 3 rings (SSSR count). The predicted octanol–water partition coefficient (Wildman–Crippen LogP) is 1.80. The number of nitrogens with two attached hydrogens (primary N) is 1. The Balaban J connectivity index is 1.76. The van der Waals surface area contributed by atoms with Crippen LogP contribution in [0.25, 0.3) is 0 Å². The van der Waals surface area contributed by atoms with Crippen molar-refractivity contribution in [2.75, 3.05) is 43.4 Å². The van der Waals surface area contributed by atoms with Gasteiger partial charge in [0.25, 0.3) is 5.91 Å². The van der Waals surface area contributed by atoms with E-state index in [-0.39, 0.29) is 5.91 Å². The highest BCUT2D eigenvalue weighted by Gasteiger charge is 2.24. The van der Waals surface area contributed by atoms with Crippen molar-refractivity contribution in [2.24, 2.45) is 0 Å². The molecule has 1 aliphatic rings. The lowest BCUT2D eigenvalue weighted by Crippen LogP contribution is -2.43. The number of nitrogen functional groups attached to an aromatic ring is 1. The molecule has 2 heterocycles. The first-order chi connectivity index (χ1) is 11.7. The summed E-state index contributed by atoms with van der Waals surface area (Å²) in [5, 5.41) is 4.15. The van der Waals surface area contributed by atoms with Gasteiger partial charge in [-0.1, -0.05) is 41.7 Å². The summed E-state index contributed by atoms with van der Waals surface area (Å²) in [7, 11) is 0. The van der Waals surface area contributed by atoms with E-state index < -0.39 is 0 Å². The monoisotopic (exact) mass is 345 g/mol. The van der Waals surface area contributed by atoms with Crippen molar-refractivity contribution in [1.82, 2.24) is 15.2 Å². The van der Waals surface area contributed by atoms with E-state index in [1.807, 2.05) is 37.3 Å². The third-order valence-electron chi connectivity index (χ3n) is 4.11. The highest BCUT2D eigenvalue weighted by molar-refractivity contribution is 7.18. The SMILES string of the molecule is CCN(Cc1ccccc1)C(=O)c1sc(N2CCNCC2)nc1N.